The van der Waals surface area contributed by atoms with Crippen molar-refractivity contribution in [1.29, 1.82) is 0 Å². The standard InChI is InChI=1S/C19H24N4O3/c1-13-10-22(11-17(25-13)19-21-20-14(2)26-19)12-18(24)23-9-5-7-15-6-3-4-8-16(15)23/h3-4,6,8,13,17H,5,7,9-12H2,1-2H3/t13-,17-/m1/s1. The molecule has 0 saturated carbocycles. The third kappa shape index (κ3) is 3.50. The topological polar surface area (TPSA) is 71.7 Å². The predicted molar refractivity (Wildman–Crippen MR) is 95.9 cm³/mol. The summed E-state index contributed by atoms with van der Waals surface area (Å²) in [6, 6.07) is 8.18. The lowest BCUT2D eigenvalue weighted by molar-refractivity contribution is -0.125. The van der Waals surface area contributed by atoms with Crippen molar-refractivity contribution in [3.8, 4) is 0 Å². The van der Waals surface area contributed by atoms with E-state index in [4.69, 9.17) is 9.15 Å². The summed E-state index contributed by atoms with van der Waals surface area (Å²) in [5.74, 6) is 1.14. The Kier molecular flexibility index (Phi) is 4.74. The molecular weight excluding hydrogens is 332 g/mol. The normalized spacial score (nSPS) is 23.7. The zero-order valence-corrected chi connectivity index (χ0v) is 15.2. The van der Waals surface area contributed by atoms with Crippen LogP contribution in [0.25, 0.3) is 0 Å². The SMILES string of the molecule is Cc1nnc([C@H]2CN(CC(=O)N3CCCc4ccccc43)C[C@@H](C)O2)o1. The van der Waals surface area contributed by atoms with E-state index in [0.29, 0.717) is 31.4 Å². The first-order chi connectivity index (χ1) is 12.6. The molecule has 3 heterocycles. The molecule has 1 fully saturated rings. The van der Waals surface area contributed by atoms with E-state index in [-0.39, 0.29) is 18.1 Å². The first-order valence-electron chi connectivity index (χ1n) is 9.16. The number of amides is 1. The van der Waals surface area contributed by atoms with Crippen LogP contribution < -0.4 is 4.90 Å². The van der Waals surface area contributed by atoms with Crippen LogP contribution in [-0.4, -0.2) is 53.3 Å². The van der Waals surface area contributed by atoms with E-state index >= 15 is 0 Å². The maximum absolute atomic E-state index is 13.0. The average molecular weight is 356 g/mol. The molecule has 0 spiro atoms. The number of para-hydroxylation sites is 1. The van der Waals surface area contributed by atoms with Crippen molar-refractivity contribution in [3.05, 3.63) is 41.6 Å². The maximum Gasteiger partial charge on any atom is 0.246 e. The third-order valence-electron chi connectivity index (χ3n) is 4.92. The summed E-state index contributed by atoms with van der Waals surface area (Å²) in [5, 5.41) is 7.95. The van der Waals surface area contributed by atoms with Gasteiger partial charge in [0.2, 0.25) is 17.7 Å². The van der Waals surface area contributed by atoms with Crippen LogP contribution in [0.1, 0.15) is 36.8 Å². The number of carbonyl (C=O) groups is 1. The lowest BCUT2D eigenvalue weighted by atomic mass is 10.0. The lowest BCUT2D eigenvalue weighted by Crippen LogP contribution is -2.49. The number of rotatable bonds is 3. The Morgan fingerprint density at radius 3 is 2.92 bits per heavy atom. The van der Waals surface area contributed by atoms with Gasteiger partial charge >= 0.3 is 0 Å². The maximum atomic E-state index is 13.0. The van der Waals surface area contributed by atoms with Crippen molar-refractivity contribution in [2.45, 2.75) is 38.9 Å². The molecule has 0 radical (unpaired) electrons. The minimum absolute atomic E-state index is 0.00222. The van der Waals surface area contributed by atoms with Gasteiger partial charge in [0.1, 0.15) is 6.10 Å². The van der Waals surface area contributed by atoms with Gasteiger partial charge in [-0.15, -0.1) is 10.2 Å². The highest BCUT2D eigenvalue weighted by atomic mass is 16.5. The number of fused-ring (bicyclic) bond motifs is 1. The zero-order chi connectivity index (χ0) is 18.1. The number of benzene rings is 1. The number of hydrogen-bond acceptors (Lipinski definition) is 6. The fourth-order valence-corrected chi connectivity index (χ4v) is 3.82. The summed E-state index contributed by atoms with van der Waals surface area (Å²) < 4.78 is 11.5. The van der Waals surface area contributed by atoms with E-state index in [1.807, 2.05) is 30.0 Å². The summed E-state index contributed by atoms with van der Waals surface area (Å²) in [6.07, 6.45) is 1.75. The minimum Gasteiger partial charge on any atom is -0.423 e. The molecule has 0 aliphatic carbocycles. The molecule has 1 saturated heterocycles. The van der Waals surface area contributed by atoms with Crippen molar-refractivity contribution in [1.82, 2.24) is 15.1 Å². The van der Waals surface area contributed by atoms with E-state index in [0.717, 1.165) is 25.1 Å². The molecule has 7 heteroatoms. The van der Waals surface area contributed by atoms with E-state index in [2.05, 4.69) is 21.2 Å². The number of carbonyl (C=O) groups excluding carboxylic acids is 1. The van der Waals surface area contributed by atoms with Gasteiger partial charge < -0.3 is 14.1 Å². The van der Waals surface area contributed by atoms with Crippen LogP contribution in [0.15, 0.2) is 28.7 Å². The van der Waals surface area contributed by atoms with Gasteiger partial charge in [-0.2, -0.15) is 0 Å². The summed E-state index contributed by atoms with van der Waals surface area (Å²) in [7, 11) is 0. The van der Waals surface area contributed by atoms with E-state index in [1.54, 1.807) is 6.92 Å². The predicted octanol–water partition coefficient (Wildman–Crippen LogP) is 2.12. The fraction of sp³-hybridized carbons (Fsp3) is 0.526. The van der Waals surface area contributed by atoms with E-state index in [1.165, 1.54) is 5.56 Å². The Bertz CT molecular complexity index is 791. The fourth-order valence-electron chi connectivity index (χ4n) is 3.82. The second-order valence-corrected chi connectivity index (χ2v) is 7.07. The van der Waals surface area contributed by atoms with Gasteiger partial charge in [0.05, 0.1) is 12.6 Å². The molecule has 2 aliphatic rings. The van der Waals surface area contributed by atoms with Crippen molar-refractivity contribution in [2.24, 2.45) is 0 Å². The van der Waals surface area contributed by atoms with Gasteiger partial charge in [-0.3, -0.25) is 9.69 Å². The minimum atomic E-state index is -0.290. The third-order valence-corrected chi connectivity index (χ3v) is 4.92. The van der Waals surface area contributed by atoms with Crippen molar-refractivity contribution in [2.75, 3.05) is 31.1 Å². The lowest BCUT2D eigenvalue weighted by Gasteiger charge is -2.37. The molecule has 4 rings (SSSR count). The Hall–Kier alpha value is -2.25. The molecule has 2 atom stereocenters. The van der Waals surface area contributed by atoms with Crippen molar-refractivity contribution in [3.63, 3.8) is 0 Å². The molecule has 26 heavy (non-hydrogen) atoms. The molecule has 138 valence electrons. The number of nitrogens with zero attached hydrogens (tertiary/aromatic N) is 4. The first kappa shape index (κ1) is 17.2. The van der Waals surface area contributed by atoms with Crippen LogP contribution in [0, 0.1) is 6.92 Å². The molecule has 0 N–H and O–H groups in total. The second kappa shape index (κ2) is 7.17. The quantitative estimate of drug-likeness (QED) is 0.839. The highest BCUT2D eigenvalue weighted by Gasteiger charge is 2.32. The Labute approximate surface area is 152 Å². The first-order valence-corrected chi connectivity index (χ1v) is 9.16. The monoisotopic (exact) mass is 356 g/mol. The molecule has 0 unspecified atom stereocenters. The van der Waals surface area contributed by atoms with Gasteiger partial charge in [-0.05, 0) is 31.4 Å². The summed E-state index contributed by atoms with van der Waals surface area (Å²) in [4.78, 5) is 17.0. The van der Waals surface area contributed by atoms with Gasteiger partial charge in [0.25, 0.3) is 0 Å². The highest BCUT2D eigenvalue weighted by molar-refractivity contribution is 5.95. The van der Waals surface area contributed by atoms with Crippen LogP contribution >= 0.6 is 0 Å². The number of hydrogen-bond donors (Lipinski definition) is 0. The molecular formula is C19H24N4O3. The van der Waals surface area contributed by atoms with Gasteiger partial charge in [0, 0.05) is 32.2 Å². The van der Waals surface area contributed by atoms with Gasteiger partial charge in [-0.1, -0.05) is 18.2 Å². The smallest absolute Gasteiger partial charge is 0.246 e. The average Bonchev–Trinajstić information content (AvgIpc) is 3.07. The van der Waals surface area contributed by atoms with E-state index < -0.39 is 0 Å². The van der Waals surface area contributed by atoms with Gasteiger partial charge in [0.15, 0.2) is 0 Å². The zero-order valence-electron chi connectivity index (χ0n) is 15.2. The summed E-state index contributed by atoms with van der Waals surface area (Å²) >= 11 is 0. The van der Waals surface area contributed by atoms with E-state index in [9.17, 15) is 4.79 Å². The molecule has 1 aromatic heterocycles. The molecule has 1 aromatic carbocycles. The Morgan fingerprint density at radius 2 is 2.12 bits per heavy atom. The van der Waals surface area contributed by atoms with Crippen molar-refractivity contribution < 1.29 is 13.9 Å². The van der Waals surface area contributed by atoms with Crippen LogP contribution in [0.5, 0.6) is 0 Å². The molecule has 0 bridgehead atoms. The molecule has 1 amide bonds. The number of anilines is 1. The molecule has 2 aliphatic heterocycles. The van der Waals surface area contributed by atoms with Gasteiger partial charge in [-0.25, -0.2) is 0 Å². The Morgan fingerprint density at radius 1 is 1.27 bits per heavy atom. The molecule has 2 aromatic rings. The number of ether oxygens (including phenoxy) is 1. The van der Waals surface area contributed by atoms with Crippen LogP contribution in [0.4, 0.5) is 5.69 Å². The van der Waals surface area contributed by atoms with Crippen LogP contribution in [-0.2, 0) is 16.0 Å². The van der Waals surface area contributed by atoms with Crippen LogP contribution in [0.2, 0.25) is 0 Å². The second-order valence-electron chi connectivity index (χ2n) is 7.07. The van der Waals surface area contributed by atoms with Crippen LogP contribution in [0.3, 0.4) is 0 Å². The summed E-state index contributed by atoms with van der Waals surface area (Å²) in [5.41, 5.74) is 2.30. The number of morpholine rings is 1. The molecule has 7 nitrogen and oxygen atoms in total. The number of aryl methyl sites for hydroxylation is 2. The summed E-state index contributed by atoms with van der Waals surface area (Å²) in [6.45, 7) is 6.20. The largest absolute Gasteiger partial charge is 0.423 e. The number of aromatic nitrogens is 2. The Balaban J connectivity index is 1.46. The highest BCUT2D eigenvalue weighted by Crippen LogP contribution is 2.28. The van der Waals surface area contributed by atoms with Crippen molar-refractivity contribution >= 4 is 11.6 Å².